The molecule has 4 nitrogen and oxygen atoms in total. The van der Waals surface area contributed by atoms with Crippen molar-refractivity contribution in [3.05, 3.63) is 29.3 Å². The van der Waals surface area contributed by atoms with Crippen molar-refractivity contribution in [2.24, 2.45) is 0 Å². The van der Waals surface area contributed by atoms with Crippen molar-refractivity contribution in [2.75, 3.05) is 18.5 Å². The van der Waals surface area contributed by atoms with E-state index in [2.05, 4.69) is 16.7 Å². The minimum absolute atomic E-state index is 0.116. The van der Waals surface area contributed by atoms with Crippen LogP contribution in [0.1, 0.15) is 30.4 Å². The second kappa shape index (κ2) is 5.61. The van der Waals surface area contributed by atoms with Gasteiger partial charge in [0.25, 0.3) is 0 Å². The van der Waals surface area contributed by atoms with Crippen LogP contribution in [0.3, 0.4) is 0 Å². The standard InChI is InChI=1S/C15H20N2O2/c18-15(16-12-8-9-19-10-12)17-14-7-3-5-11-4-1-2-6-13(11)14/h3,5,7,12H,1-2,4,6,8-10H2,(H2,16,17,18). The Kier molecular flexibility index (Phi) is 3.69. The van der Waals surface area contributed by atoms with Crippen LogP contribution in [0.4, 0.5) is 10.5 Å². The molecular weight excluding hydrogens is 240 g/mol. The molecule has 1 atom stereocenters. The van der Waals surface area contributed by atoms with Crippen LogP contribution in [-0.4, -0.2) is 25.3 Å². The van der Waals surface area contributed by atoms with Crippen molar-refractivity contribution < 1.29 is 9.53 Å². The molecule has 2 amide bonds. The summed E-state index contributed by atoms with van der Waals surface area (Å²) < 4.78 is 5.26. The summed E-state index contributed by atoms with van der Waals surface area (Å²) in [6, 6.07) is 6.23. The highest BCUT2D eigenvalue weighted by Crippen LogP contribution is 2.27. The maximum Gasteiger partial charge on any atom is 0.319 e. The number of benzene rings is 1. The minimum atomic E-state index is -0.116. The molecule has 0 spiro atoms. The SMILES string of the molecule is O=C(Nc1cccc2c1CCCC2)NC1CCOC1. The van der Waals surface area contributed by atoms with Gasteiger partial charge >= 0.3 is 6.03 Å². The zero-order valence-corrected chi connectivity index (χ0v) is 11.1. The summed E-state index contributed by atoms with van der Waals surface area (Å²) in [5, 5.41) is 5.95. The van der Waals surface area contributed by atoms with Crippen LogP contribution >= 0.6 is 0 Å². The predicted octanol–water partition coefficient (Wildman–Crippen LogP) is 2.48. The zero-order chi connectivity index (χ0) is 13.1. The summed E-state index contributed by atoms with van der Waals surface area (Å²) in [4.78, 5) is 12.0. The Morgan fingerprint density at radius 3 is 3.00 bits per heavy atom. The molecule has 0 aromatic heterocycles. The van der Waals surface area contributed by atoms with Gasteiger partial charge in [0.15, 0.2) is 0 Å². The average molecular weight is 260 g/mol. The van der Waals surface area contributed by atoms with Crippen LogP contribution in [0.5, 0.6) is 0 Å². The molecule has 2 aliphatic rings. The first kappa shape index (κ1) is 12.5. The third kappa shape index (κ3) is 2.89. The lowest BCUT2D eigenvalue weighted by atomic mass is 9.90. The molecule has 1 saturated heterocycles. The summed E-state index contributed by atoms with van der Waals surface area (Å²) in [5.41, 5.74) is 3.66. The highest BCUT2D eigenvalue weighted by Gasteiger charge is 2.19. The van der Waals surface area contributed by atoms with E-state index in [4.69, 9.17) is 4.74 Å². The number of urea groups is 1. The zero-order valence-electron chi connectivity index (χ0n) is 11.1. The number of anilines is 1. The Hall–Kier alpha value is -1.55. The molecule has 102 valence electrons. The molecule has 1 unspecified atom stereocenters. The Morgan fingerprint density at radius 1 is 1.26 bits per heavy atom. The van der Waals surface area contributed by atoms with E-state index in [1.807, 2.05) is 12.1 Å². The summed E-state index contributed by atoms with van der Waals surface area (Å²) >= 11 is 0. The van der Waals surface area contributed by atoms with Crippen LogP contribution < -0.4 is 10.6 Å². The number of fused-ring (bicyclic) bond motifs is 1. The number of ether oxygens (including phenoxy) is 1. The molecule has 0 bridgehead atoms. The lowest BCUT2D eigenvalue weighted by Crippen LogP contribution is -2.38. The van der Waals surface area contributed by atoms with Crippen LogP contribution in [0.15, 0.2) is 18.2 Å². The molecule has 2 N–H and O–H groups in total. The molecule has 4 heteroatoms. The van der Waals surface area contributed by atoms with Crippen molar-refractivity contribution in [3.8, 4) is 0 Å². The molecule has 1 aliphatic heterocycles. The first-order valence-electron chi connectivity index (χ1n) is 7.09. The van der Waals surface area contributed by atoms with Crippen molar-refractivity contribution in [1.82, 2.24) is 5.32 Å². The number of hydrogen-bond acceptors (Lipinski definition) is 2. The number of carbonyl (C=O) groups is 1. The van der Waals surface area contributed by atoms with Crippen molar-refractivity contribution in [2.45, 2.75) is 38.1 Å². The normalized spacial score (nSPS) is 21.8. The Morgan fingerprint density at radius 2 is 2.16 bits per heavy atom. The largest absolute Gasteiger partial charge is 0.379 e. The highest BCUT2D eigenvalue weighted by molar-refractivity contribution is 5.90. The molecule has 1 aliphatic carbocycles. The van der Waals surface area contributed by atoms with E-state index >= 15 is 0 Å². The van der Waals surface area contributed by atoms with Gasteiger partial charge in [0.05, 0.1) is 12.6 Å². The van der Waals surface area contributed by atoms with Gasteiger partial charge in [-0.05, 0) is 49.3 Å². The Bertz CT molecular complexity index is 467. The molecule has 1 aromatic rings. The smallest absolute Gasteiger partial charge is 0.319 e. The number of rotatable bonds is 2. The van der Waals surface area contributed by atoms with Crippen LogP contribution in [0, 0.1) is 0 Å². The van der Waals surface area contributed by atoms with Crippen molar-refractivity contribution >= 4 is 11.7 Å². The maximum absolute atomic E-state index is 12.0. The molecule has 0 saturated carbocycles. The molecule has 0 radical (unpaired) electrons. The minimum Gasteiger partial charge on any atom is -0.379 e. The number of hydrogen-bond donors (Lipinski definition) is 2. The van der Waals surface area contributed by atoms with Gasteiger partial charge in [-0.2, -0.15) is 0 Å². The molecule has 1 heterocycles. The summed E-state index contributed by atoms with van der Waals surface area (Å²) in [6.07, 6.45) is 5.56. The lowest BCUT2D eigenvalue weighted by molar-refractivity contribution is 0.189. The third-order valence-corrected chi connectivity index (χ3v) is 3.91. The second-order valence-electron chi connectivity index (χ2n) is 5.31. The fourth-order valence-corrected chi connectivity index (χ4v) is 2.89. The topological polar surface area (TPSA) is 50.4 Å². The molecule has 1 aromatic carbocycles. The van der Waals surface area contributed by atoms with Crippen molar-refractivity contribution in [3.63, 3.8) is 0 Å². The Labute approximate surface area is 113 Å². The van der Waals surface area contributed by atoms with E-state index in [-0.39, 0.29) is 12.1 Å². The van der Waals surface area contributed by atoms with Gasteiger partial charge in [0.1, 0.15) is 0 Å². The lowest BCUT2D eigenvalue weighted by Gasteiger charge is -2.20. The number of aryl methyl sites for hydroxylation is 1. The average Bonchev–Trinajstić information content (AvgIpc) is 2.92. The van der Waals surface area contributed by atoms with E-state index in [9.17, 15) is 4.79 Å². The van der Waals surface area contributed by atoms with Gasteiger partial charge in [0.2, 0.25) is 0 Å². The van der Waals surface area contributed by atoms with Gasteiger partial charge < -0.3 is 15.4 Å². The van der Waals surface area contributed by atoms with E-state index in [0.717, 1.165) is 31.6 Å². The van der Waals surface area contributed by atoms with Crippen molar-refractivity contribution in [1.29, 1.82) is 0 Å². The first-order chi connectivity index (χ1) is 9.33. The second-order valence-corrected chi connectivity index (χ2v) is 5.31. The van der Waals surface area contributed by atoms with Gasteiger partial charge in [-0.15, -0.1) is 0 Å². The van der Waals surface area contributed by atoms with Gasteiger partial charge in [-0.1, -0.05) is 12.1 Å². The van der Waals surface area contributed by atoms with Gasteiger partial charge in [-0.3, -0.25) is 0 Å². The van der Waals surface area contributed by atoms with E-state index in [1.54, 1.807) is 0 Å². The highest BCUT2D eigenvalue weighted by atomic mass is 16.5. The number of nitrogens with one attached hydrogen (secondary N) is 2. The number of carbonyl (C=O) groups excluding carboxylic acids is 1. The van der Waals surface area contributed by atoms with Crippen LogP contribution in [0.2, 0.25) is 0 Å². The summed E-state index contributed by atoms with van der Waals surface area (Å²) in [6.45, 7) is 1.37. The van der Waals surface area contributed by atoms with Gasteiger partial charge in [-0.25, -0.2) is 4.79 Å². The third-order valence-electron chi connectivity index (χ3n) is 3.91. The molecule has 19 heavy (non-hydrogen) atoms. The quantitative estimate of drug-likeness (QED) is 0.858. The van der Waals surface area contributed by atoms with Crippen LogP contribution in [0.25, 0.3) is 0 Å². The molecule has 3 rings (SSSR count). The summed E-state index contributed by atoms with van der Waals surface area (Å²) in [7, 11) is 0. The number of amides is 2. The fraction of sp³-hybridized carbons (Fsp3) is 0.533. The van der Waals surface area contributed by atoms with E-state index in [1.165, 1.54) is 24.0 Å². The Balaban J connectivity index is 1.67. The van der Waals surface area contributed by atoms with Crippen LogP contribution in [-0.2, 0) is 17.6 Å². The predicted molar refractivity (Wildman–Crippen MR) is 74.5 cm³/mol. The first-order valence-corrected chi connectivity index (χ1v) is 7.09. The summed E-state index contributed by atoms with van der Waals surface area (Å²) in [5.74, 6) is 0. The maximum atomic E-state index is 12.0. The van der Waals surface area contributed by atoms with Gasteiger partial charge in [0, 0.05) is 12.3 Å². The van der Waals surface area contributed by atoms with E-state index in [0.29, 0.717) is 6.61 Å². The molecular formula is C15H20N2O2. The fourth-order valence-electron chi connectivity index (χ4n) is 2.89. The molecule has 1 fully saturated rings. The van der Waals surface area contributed by atoms with E-state index < -0.39 is 0 Å². The monoisotopic (exact) mass is 260 g/mol.